The predicted octanol–water partition coefficient (Wildman–Crippen LogP) is 1.57. The van der Waals surface area contributed by atoms with Gasteiger partial charge in [-0.1, -0.05) is 30.3 Å². The normalized spacial score (nSPS) is 24.6. The number of hydrogen-bond donors (Lipinski definition) is 2. The summed E-state index contributed by atoms with van der Waals surface area (Å²) in [4.78, 5) is 12.8. The number of amides is 1. The second-order valence-corrected chi connectivity index (χ2v) is 4.77. The maximum atomic E-state index is 11.3. The van der Waals surface area contributed by atoms with Gasteiger partial charge in [0.2, 0.25) is 0 Å². The van der Waals surface area contributed by atoms with Gasteiger partial charge in [-0.3, -0.25) is 0 Å². The number of piperazine rings is 1. The van der Waals surface area contributed by atoms with E-state index < -0.39 is 6.09 Å². The molecule has 2 rings (SSSR count). The highest BCUT2D eigenvalue weighted by atomic mass is 16.4. The first-order valence-corrected chi connectivity index (χ1v) is 5.87. The van der Waals surface area contributed by atoms with Crippen molar-refractivity contribution in [1.82, 2.24) is 10.2 Å². The lowest BCUT2D eigenvalue weighted by Crippen LogP contribution is -2.62. The zero-order chi connectivity index (χ0) is 12.3. The SMILES string of the molecule is C[C@@]1(Cc2ccccc2)CNCCN1C(=O)O. The predicted molar refractivity (Wildman–Crippen MR) is 66.2 cm³/mol. The zero-order valence-corrected chi connectivity index (χ0v) is 10.0. The lowest BCUT2D eigenvalue weighted by molar-refractivity contribution is 0.0667. The molecule has 0 bridgehead atoms. The van der Waals surface area contributed by atoms with Crippen LogP contribution in [0.1, 0.15) is 12.5 Å². The second-order valence-electron chi connectivity index (χ2n) is 4.77. The van der Waals surface area contributed by atoms with Crippen molar-refractivity contribution in [3.63, 3.8) is 0 Å². The molecule has 1 aliphatic rings. The minimum atomic E-state index is -0.829. The summed E-state index contributed by atoms with van der Waals surface area (Å²) < 4.78 is 0. The Morgan fingerprint density at radius 3 is 2.82 bits per heavy atom. The fourth-order valence-electron chi connectivity index (χ4n) is 2.43. The summed E-state index contributed by atoms with van der Waals surface area (Å²) >= 11 is 0. The molecule has 1 fully saturated rings. The summed E-state index contributed by atoms with van der Waals surface area (Å²) in [6.45, 7) is 3.99. The van der Waals surface area contributed by atoms with E-state index in [4.69, 9.17) is 0 Å². The molecule has 0 aliphatic carbocycles. The largest absolute Gasteiger partial charge is 0.465 e. The molecule has 1 aliphatic heterocycles. The Labute approximate surface area is 101 Å². The lowest BCUT2D eigenvalue weighted by atomic mass is 9.89. The number of nitrogens with one attached hydrogen (secondary N) is 1. The van der Waals surface area contributed by atoms with Crippen LogP contribution in [0.4, 0.5) is 4.79 Å². The van der Waals surface area contributed by atoms with Crippen LogP contribution in [0, 0.1) is 0 Å². The molecule has 2 N–H and O–H groups in total. The van der Waals surface area contributed by atoms with Gasteiger partial charge >= 0.3 is 6.09 Å². The van der Waals surface area contributed by atoms with Crippen LogP contribution < -0.4 is 5.32 Å². The minimum Gasteiger partial charge on any atom is -0.465 e. The van der Waals surface area contributed by atoms with Crippen molar-refractivity contribution >= 4 is 6.09 Å². The zero-order valence-electron chi connectivity index (χ0n) is 10.0. The fourth-order valence-corrected chi connectivity index (χ4v) is 2.43. The molecule has 1 aromatic carbocycles. The van der Waals surface area contributed by atoms with Gasteiger partial charge < -0.3 is 15.3 Å². The molecule has 1 heterocycles. The number of carbonyl (C=O) groups is 1. The first kappa shape index (κ1) is 11.9. The minimum absolute atomic E-state index is 0.356. The Bertz CT molecular complexity index is 394. The number of carboxylic acid groups (broad SMARTS) is 1. The van der Waals surface area contributed by atoms with E-state index in [0.29, 0.717) is 13.1 Å². The van der Waals surface area contributed by atoms with Gasteiger partial charge in [-0.2, -0.15) is 0 Å². The Hall–Kier alpha value is -1.55. The van der Waals surface area contributed by atoms with Crippen LogP contribution in [0.5, 0.6) is 0 Å². The smallest absolute Gasteiger partial charge is 0.407 e. The first-order chi connectivity index (χ1) is 8.12. The molecule has 4 nitrogen and oxygen atoms in total. The number of rotatable bonds is 2. The third-order valence-electron chi connectivity index (χ3n) is 3.33. The molecular formula is C13H18N2O2. The highest BCUT2D eigenvalue weighted by Crippen LogP contribution is 2.22. The van der Waals surface area contributed by atoms with Gasteiger partial charge in [0.15, 0.2) is 0 Å². The molecule has 1 saturated heterocycles. The summed E-state index contributed by atoms with van der Waals surface area (Å²) in [6.07, 6.45) is -0.0856. The molecule has 1 amide bonds. The van der Waals surface area contributed by atoms with Gasteiger partial charge in [0.05, 0.1) is 5.54 Å². The highest BCUT2D eigenvalue weighted by molar-refractivity contribution is 5.66. The molecule has 0 unspecified atom stereocenters. The van der Waals surface area contributed by atoms with Crippen LogP contribution in [0.25, 0.3) is 0 Å². The Balaban J connectivity index is 2.18. The molecule has 0 saturated carbocycles. The molecular weight excluding hydrogens is 216 g/mol. The quantitative estimate of drug-likeness (QED) is 0.816. The van der Waals surface area contributed by atoms with E-state index in [0.717, 1.165) is 13.0 Å². The highest BCUT2D eigenvalue weighted by Gasteiger charge is 2.37. The van der Waals surface area contributed by atoms with E-state index in [1.165, 1.54) is 5.56 Å². The van der Waals surface area contributed by atoms with Crippen LogP contribution >= 0.6 is 0 Å². The van der Waals surface area contributed by atoms with E-state index >= 15 is 0 Å². The van der Waals surface area contributed by atoms with Gasteiger partial charge in [-0.15, -0.1) is 0 Å². The molecule has 92 valence electrons. The van der Waals surface area contributed by atoms with Gasteiger partial charge in [0.1, 0.15) is 0 Å². The van der Waals surface area contributed by atoms with Gasteiger partial charge in [-0.25, -0.2) is 4.79 Å². The van der Waals surface area contributed by atoms with Crippen LogP contribution in [-0.4, -0.2) is 41.3 Å². The van der Waals surface area contributed by atoms with Crippen molar-refractivity contribution < 1.29 is 9.90 Å². The molecule has 0 spiro atoms. The number of nitrogens with zero attached hydrogens (tertiary/aromatic N) is 1. The summed E-state index contributed by atoms with van der Waals surface area (Å²) in [5, 5.41) is 12.5. The van der Waals surface area contributed by atoms with Crippen LogP contribution in [0.2, 0.25) is 0 Å². The molecule has 0 radical (unpaired) electrons. The Morgan fingerprint density at radius 2 is 2.18 bits per heavy atom. The topological polar surface area (TPSA) is 52.6 Å². The third-order valence-corrected chi connectivity index (χ3v) is 3.33. The average Bonchev–Trinajstić information content (AvgIpc) is 2.30. The molecule has 1 atom stereocenters. The molecule has 4 heteroatoms. The molecule has 0 aromatic heterocycles. The summed E-state index contributed by atoms with van der Waals surface area (Å²) in [6, 6.07) is 10.0. The Kier molecular flexibility index (Phi) is 3.33. The number of hydrogen-bond acceptors (Lipinski definition) is 2. The maximum absolute atomic E-state index is 11.3. The van der Waals surface area contributed by atoms with E-state index in [-0.39, 0.29) is 5.54 Å². The third kappa shape index (κ3) is 2.58. The Morgan fingerprint density at radius 1 is 1.47 bits per heavy atom. The van der Waals surface area contributed by atoms with Crippen molar-refractivity contribution in [3.05, 3.63) is 35.9 Å². The van der Waals surface area contributed by atoms with Crippen molar-refractivity contribution in [3.8, 4) is 0 Å². The van der Waals surface area contributed by atoms with Crippen LogP contribution in [0.15, 0.2) is 30.3 Å². The summed E-state index contributed by atoms with van der Waals surface area (Å²) in [5.74, 6) is 0. The maximum Gasteiger partial charge on any atom is 0.407 e. The van der Waals surface area contributed by atoms with Crippen molar-refractivity contribution in [2.45, 2.75) is 18.9 Å². The van der Waals surface area contributed by atoms with Crippen molar-refractivity contribution in [2.24, 2.45) is 0 Å². The van der Waals surface area contributed by atoms with Gasteiger partial charge in [-0.05, 0) is 18.9 Å². The summed E-state index contributed by atoms with van der Waals surface area (Å²) in [5.41, 5.74) is 0.816. The van der Waals surface area contributed by atoms with E-state index in [9.17, 15) is 9.90 Å². The lowest BCUT2D eigenvalue weighted by Gasteiger charge is -2.43. The van der Waals surface area contributed by atoms with Gasteiger partial charge in [0, 0.05) is 19.6 Å². The molecule has 1 aromatic rings. The monoisotopic (exact) mass is 234 g/mol. The number of benzene rings is 1. The second kappa shape index (κ2) is 4.75. The van der Waals surface area contributed by atoms with Crippen LogP contribution in [0.3, 0.4) is 0 Å². The van der Waals surface area contributed by atoms with E-state index in [1.54, 1.807) is 4.90 Å². The van der Waals surface area contributed by atoms with Gasteiger partial charge in [0.25, 0.3) is 0 Å². The van der Waals surface area contributed by atoms with E-state index in [1.807, 2.05) is 37.3 Å². The van der Waals surface area contributed by atoms with Crippen LogP contribution in [-0.2, 0) is 6.42 Å². The first-order valence-electron chi connectivity index (χ1n) is 5.87. The fraction of sp³-hybridized carbons (Fsp3) is 0.462. The van der Waals surface area contributed by atoms with E-state index in [2.05, 4.69) is 5.32 Å². The van der Waals surface area contributed by atoms with Crippen molar-refractivity contribution in [2.75, 3.05) is 19.6 Å². The van der Waals surface area contributed by atoms with Crippen molar-refractivity contribution in [1.29, 1.82) is 0 Å². The average molecular weight is 234 g/mol. The molecule has 17 heavy (non-hydrogen) atoms. The summed E-state index contributed by atoms with van der Waals surface area (Å²) in [7, 11) is 0. The standard InChI is InChI=1S/C13H18N2O2/c1-13(9-11-5-3-2-4-6-11)10-14-7-8-15(13)12(16)17/h2-6,14H,7-10H2,1H3,(H,16,17)/t13-/m1/s1.